The van der Waals surface area contributed by atoms with Gasteiger partial charge in [0.25, 0.3) is 10.0 Å². The van der Waals surface area contributed by atoms with Crippen LogP contribution in [0.25, 0.3) is 16.7 Å². The summed E-state index contributed by atoms with van der Waals surface area (Å²) in [7, 11) is -0.915. The molecule has 174 valence electrons. The molecule has 1 N–H and O–H groups in total. The highest BCUT2D eigenvalue weighted by Crippen LogP contribution is 2.32. The summed E-state index contributed by atoms with van der Waals surface area (Å²) in [4.78, 5) is 16.1. The van der Waals surface area contributed by atoms with Crippen molar-refractivity contribution in [1.29, 1.82) is 0 Å². The fourth-order valence-electron chi connectivity index (χ4n) is 3.56. The number of rotatable bonds is 7. The van der Waals surface area contributed by atoms with Crippen LogP contribution in [0.1, 0.15) is 5.69 Å². The van der Waals surface area contributed by atoms with Crippen molar-refractivity contribution in [3.05, 3.63) is 83.2 Å². The number of methoxy groups -OCH3 is 1. The molecule has 0 saturated carbocycles. The van der Waals surface area contributed by atoms with Crippen molar-refractivity contribution in [3.8, 4) is 11.5 Å². The summed E-state index contributed by atoms with van der Waals surface area (Å²) in [5.41, 5.74) is 2.45. The number of imidazole rings is 1. The van der Waals surface area contributed by atoms with E-state index in [0.29, 0.717) is 22.7 Å². The highest BCUT2D eigenvalue weighted by Gasteiger charge is 2.18. The molecule has 3 heterocycles. The molecule has 0 radical (unpaired) electrons. The number of fused-ring (bicyclic) bond motifs is 2. The molecule has 0 saturated heterocycles. The van der Waals surface area contributed by atoms with Crippen LogP contribution in [0.15, 0.2) is 81.1 Å². The standard InChI is InChI=1S/C23H20N4O6S/c1-26-18-8-7-17(12-20(18)33-23(26)28)34(29,30)25-15-6-9-19(31-2)21(11-15)32-14-16-13-27-10-4-3-5-22(27)24-16/h3-13,25H,14H2,1-2H3. The van der Waals surface area contributed by atoms with Crippen LogP contribution in [0.3, 0.4) is 0 Å². The number of aryl methyl sites for hydroxylation is 1. The fourth-order valence-corrected chi connectivity index (χ4v) is 4.62. The molecule has 3 aromatic heterocycles. The number of ether oxygens (including phenoxy) is 2. The summed E-state index contributed by atoms with van der Waals surface area (Å²) in [6, 6.07) is 14.6. The van der Waals surface area contributed by atoms with Crippen molar-refractivity contribution in [2.24, 2.45) is 7.05 Å². The van der Waals surface area contributed by atoms with Gasteiger partial charge in [-0.1, -0.05) is 6.07 Å². The van der Waals surface area contributed by atoms with Gasteiger partial charge in [0, 0.05) is 31.6 Å². The number of hydrogen-bond acceptors (Lipinski definition) is 7. The molecule has 0 fully saturated rings. The number of hydrogen-bond donors (Lipinski definition) is 1. The Morgan fingerprint density at radius 3 is 2.74 bits per heavy atom. The van der Waals surface area contributed by atoms with Crippen LogP contribution in [0.2, 0.25) is 0 Å². The molecular formula is C23H20N4O6S. The van der Waals surface area contributed by atoms with E-state index >= 15 is 0 Å². The first kappa shape index (κ1) is 21.6. The van der Waals surface area contributed by atoms with E-state index in [1.54, 1.807) is 19.2 Å². The van der Waals surface area contributed by atoms with Crippen molar-refractivity contribution in [3.63, 3.8) is 0 Å². The van der Waals surface area contributed by atoms with E-state index in [1.165, 1.54) is 35.9 Å². The van der Waals surface area contributed by atoms with Gasteiger partial charge in [0.05, 0.1) is 28.9 Å². The Morgan fingerprint density at radius 2 is 1.94 bits per heavy atom. The van der Waals surface area contributed by atoms with E-state index < -0.39 is 15.8 Å². The third kappa shape index (κ3) is 3.97. The van der Waals surface area contributed by atoms with Crippen LogP contribution < -0.4 is 20.0 Å². The maximum absolute atomic E-state index is 13.0. The molecule has 0 aliphatic carbocycles. The van der Waals surface area contributed by atoms with Gasteiger partial charge in [-0.05, 0) is 36.4 Å². The van der Waals surface area contributed by atoms with Crippen molar-refractivity contribution in [2.75, 3.05) is 11.8 Å². The van der Waals surface area contributed by atoms with Gasteiger partial charge < -0.3 is 18.3 Å². The number of sulfonamides is 1. The van der Waals surface area contributed by atoms with Crippen LogP contribution in [-0.4, -0.2) is 29.5 Å². The van der Waals surface area contributed by atoms with Gasteiger partial charge in [0.15, 0.2) is 17.1 Å². The number of pyridine rings is 1. The topological polar surface area (TPSA) is 117 Å². The molecule has 10 nitrogen and oxygen atoms in total. The average molecular weight is 481 g/mol. The zero-order valence-corrected chi connectivity index (χ0v) is 19.1. The first-order valence-electron chi connectivity index (χ1n) is 10.2. The largest absolute Gasteiger partial charge is 0.493 e. The summed E-state index contributed by atoms with van der Waals surface area (Å²) < 4.78 is 48.0. The molecular weight excluding hydrogens is 460 g/mol. The second-order valence-electron chi connectivity index (χ2n) is 7.51. The molecule has 0 spiro atoms. The Hall–Kier alpha value is -4.25. The van der Waals surface area contributed by atoms with Crippen LogP contribution in [-0.2, 0) is 23.7 Å². The van der Waals surface area contributed by atoms with Gasteiger partial charge in [0.1, 0.15) is 12.3 Å². The molecule has 0 aliphatic rings. The number of oxazole rings is 1. The molecule has 0 bridgehead atoms. The molecule has 5 rings (SSSR count). The molecule has 34 heavy (non-hydrogen) atoms. The third-order valence-electron chi connectivity index (χ3n) is 5.28. The summed E-state index contributed by atoms with van der Waals surface area (Å²) in [5.74, 6) is 0.225. The lowest BCUT2D eigenvalue weighted by atomic mass is 10.3. The second kappa shape index (κ2) is 8.27. The maximum Gasteiger partial charge on any atom is 0.419 e. The van der Waals surface area contributed by atoms with E-state index in [1.807, 2.05) is 35.0 Å². The van der Waals surface area contributed by atoms with Gasteiger partial charge in [-0.15, -0.1) is 0 Å². The normalized spacial score (nSPS) is 11.7. The Bertz CT molecular complexity index is 1650. The minimum Gasteiger partial charge on any atom is -0.493 e. The third-order valence-corrected chi connectivity index (χ3v) is 6.66. The van der Waals surface area contributed by atoms with Crippen LogP contribution in [0.4, 0.5) is 5.69 Å². The number of aromatic nitrogens is 3. The van der Waals surface area contributed by atoms with E-state index in [4.69, 9.17) is 13.9 Å². The van der Waals surface area contributed by atoms with Crippen LogP contribution in [0, 0.1) is 0 Å². The zero-order valence-electron chi connectivity index (χ0n) is 18.3. The van der Waals surface area contributed by atoms with Crippen molar-refractivity contribution in [2.45, 2.75) is 11.5 Å². The highest BCUT2D eigenvalue weighted by atomic mass is 32.2. The highest BCUT2D eigenvalue weighted by molar-refractivity contribution is 7.92. The molecule has 0 aliphatic heterocycles. The lowest BCUT2D eigenvalue weighted by Gasteiger charge is -2.13. The zero-order chi connectivity index (χ0) is 23.9. The fraction of sp³-hybridized carbons (Fsp3) is 0.130. The lowest BCUT2D eigenvalue weighted by molar-refractivity contribution is 0.281. The van der Waals surface area contributed by atoms with Gasteiger partial charge in [-0.2, -0.15) is 0 Å². The van der Waals surface area contributed by atoms with Crippen molar-refractivity contribution in [1.82, 2.24) is 14.0 Å². The van der Waals surface area contributed by atoms with Crippen molar-refractivity contribution >= 4 is 32.5 Å². The molecule has 0 amide bonds. The Morgan fingerprint density at radius 1 is 1.09 bits per heavy atom. The maximum atomic E-state index is 13.0. The van der Waals surface area contributed by atoms with Gasteiger partial charge in [0.2, 0.25) is 0 Å². The summed E-state index contributed by atoms with van der Waals surface area (Å²) in [5, 5.41) is 0. The minimum absolute atomic E-state index is 0.0441. The van der Waals surface area contributed by atoms with Gasteiger partial charge in [-0.3, -0.25) is 9.29 Å². The second-order valence-corrected chi connectivity index (χ2v) is 9.20. The molecule has 2 aromatic carbocycles. The Kier molecular flexibility index (Phi) is 5.25. The number of benzene rings is 2. The molecule has 0 atom stereocenters. The molecule has 0 unspecified atom stereocenters. The predicted molar refractivity (Wildman–Crippen MR) is 125 cm³/mol. The van der Waals surface area contributed by atoms with E-state index in [0.717, 1.165) is 5.65 Å². The summed E-state index contributed by atoms with van der Waals surface area (Å²) in [6.07, 6.45) is 3.74. The summed E-state index contributed by atoms with van der Waals surface area (Å²) >= 11 is 0. The van der Waals surface area contributed by atoms with E-state index in [2.05, 4.69) is 9.71 Å². The quantitative estimate of drug-likeness (QED) is 0.380. The molecule has 11 heteroatoms. The monoisotopic (exact) mass is 480 g/mol. The first-order valence-corrected chi connectivity index (χ1v) is 11.7. The number of nitrogens with zero attached hydrogens (tertiary/aromatic N) is 3. The number of nitrogens with one attached hydrogen (secondary N) is 1. The van der Waals surface area contributed by atoms with Crippen LogP contribution in [0.5, 0.6) is 11.5 Å². The Labute approximate surface area is 194 Å². The average Bonchev–Trinajstić information content (AvgIpc) is 3.37. The van der Waals surface area contributed by atoms with E-state index in [-0.39, 0.29) is 22.8 Å². The smallest absolute Gasteiger partial charge is 0.419 e. The minimum atomic E-state index is -3.96. The number of anilines is 1. The van der Waals surface area contributed by atoms with E-state index in [9.17, 15) is 13.2 Å². The van der Waals surface area contributed by atoms with Gasteiger partial charge >= 0.3 is 5.76 Å². The first-order chi connectivity index (χ1) is 16.3. The van der Waals surface area contributed by atoms with Crippen LogP contribution >= 0.6 is 0 Å². The summed E-state index contributed by atoms with van der Waals surface area (Å²) in [6.45, 7) is 0.165. The van der Waals surface area contributed by atoms with Gasteiger partial charge in [-0.25, -0.2) is 18.2 Å². The predicted octanol–water partition coefficient (Wildman–Crippen LogP) is 3.17. The lowest BCUT2D eigenvalue weighted by Crippen LogP contribution is -2.13. The molecule has 5 aromatic rings. The Balaban J connectivity index is 1.39. The SMILES string of the molecule is COc1ccc(NS(=O)(=O)c2ccc3c(c2)oc(=O)n3C)cc1OCc1cn2ccccc2n1. The van der Waals surface area contributed by atoms with Crippen molar-refractivity contribution < 1.29 is 22.3 Å².